The summed E-state index contributed by atoms with van der Waals surface area (Å²) >= 11 is 0. The molecule has 1 aliphatic rings. The summed E-state index contributed by atoms with van der Waals surface area (Å²) in [6, 6.07) is 26.3. The van der Waals surface area contributed by atoms with Gasteiger partial charge in [-0.1, -0.05) is 84.9 Å². The normalized spacial score (nSPS) is 20.4. The second-order valence-corrected chi connectivity index (χ2v) is 12.2. The van der Waals surface area contributed by atoms with Gasteiger partial charge in [-0.3, -0.25) is 4.79 Å². The standard InChI is InChI=1S/C34H42N2O5/c1-33(2,3)41-32(40)35-28(20-24-15-9-6-10-16-24)29(37)21-26(19-23-13-7-5-8-14-23)31(39)36-34(4)27-18-12-11-17-25(27)22-30(34)38/h5-18,26,28-30,37-38H,19-22H2,1-4H3,(H,35,40)(H,36,39)/t26-,28+,29+,30+,34?/m1/s1. The van der Waals surface area contributed by atoms with Crippen molar-refractivity contribution in [2.24, 2.45) is 5.92 Å². The Bertz CT molecular complexity index is 1310. The Kier molecular flexibility index (Phi) is 9.51. The zero-order valence-electron chi connectivity index (χ0n) is 24.3. The summed E-state index contributed by atoms with van der Waals surface area (Å²) in [7, 11) is 0. The number of carbonyl (C=O) groups is 2. The second kappa shape index (κ2) is 12.9. The van der Waals surface area contributed by atoms with Gasteiger partial charge in [0.15, 0.2) is 0 Å². The predicted molar refractivity (Wildman–Crippen MR) is 159 cm³/mol. The van der Waals surface area contributed by atoms with E-state index in [-0.39, 0.29) is 12.3 Å². The van der Waals surface area contributed by atoms with Gasteiger partial charge in [0.1, 0.15) is 5.60 Å². The Labute approximate surface area is 243 Å². The molecule has 0 radical (unpaired) electrons. The summed E-state index contributed by atoms with van der Waals surface area (Å²) in [5.74, 6) is -0.884. The van der Waals surface area contributed by atoms with Crippen molar-refractivity contribution in [3.63, 3.8) is 0 Å². The summed E-state index contributed by atoms with van der Waals surface area (Å²) in [6.07, 6.45) is -1.13. The maximum Gasteiger partial charge on any atom is 0.407 e. The summed E-state index contributed by atoms with van der Waals surface area (Å²) in [6.45, 7) is 7.20. The molecule has 4 rings (SSSR count). The predicted octanol–water partition coefficient (Wildman–Crippen LogP) is 4.68. The van der Waals surface area contributed by atoms with Gasteiger partial charge in [-0.2, -0.15) is 0 Å². The van der Waals surface area contributed by atoms with Crippen LogP contribution in [0.4, 0.5) is 4.79 Å². The molecule has 5 atom stereocenters. The van der Waals surface area contributed by atoms with Gasteiger partial charge in [0.25, 0.3) is 0 Å². The molecule has 1 unspecified atom stereocenters. The molecule has 0 spiro atoms. The molecule has 41 heavy (non-hydrogen) atoms. The van der Waals surface area contributed by atoms with Crippen LogP contribution in [0.3, 0.4) is 0 Å². The second-order valence-electron chi connectivity index (χ2n) is 12.2. The monoisotopic (exact) mass is 558 g/mol. The molecule has 3 aromatic carbocycles. The van der Waals surface area contributed by atoms with E-state index in [1.807, 2.05) is 91.9 Å². The van der Waals surface area contributed by atoms with Gasteiger partial charge in [-0.25, -0.2) is 4.79 Å². The number of nitrogens with one attached hydrogen (secondary N) is 2. The van der Waals surface area contributed by atoms with E-state index >= 15 is 0 Å². The Morgan fingerprint density at radius 1 is 0.927 bits per heavy atom. The highest BCUT2D eigenvalue weighted by atomic mass is 16.6. The van der Waals surface area contributed by atoms with E-state index in [4.69, 9.17) is 4.74 Å². The molecule has 3 aromatic rings. The fraction of sp³-hybridized carbons (Fsp3) is 0.412. The van der Waals surface area contributed by atoms with E-state index in [1.54, 1.807) is 20.8 Å². The van der Waals surface area contributed by atoms with Crippen LogP contribution in [0, 0.1) is 5.92 Å². The van der Waals surface area contributed by atoms with Crippen LogP contribution in [-0.4, -0.2) is 46.1 Å². The van der Waals surface area contributed by atoms with Crippen molar-refractivity contribution in [2.45, 2.75) is 82.8 Å². The Morgan fingerprint density at radius 3 is 2.10 bits per heavy atom. The number of ether oxygens (including phenoxy) is 1. The quantitative estimate of drug-likeness (QED) is 0.289. The molecule has 0 saturated heterocycles. The Hall–Kier alpha value is -3.68. The number of aliphatic hydroxyl groups excluding tert-OH is 2. The molecule has 0 heterocycles. The lowest BCUT2D eigenvalue weighted by Gasteiger charge is -2.34. The van der Waals surface area contributed by atoms with Crippen molar-refractivity contribution in [3.8, 4) is 0 Å². The minimum Gasteiger partial charge on any atom is -0.444 e. The third-order valence-corrected chi connectivity index (χ3v) is 7.73. The lowest BCUT2D eigenvalue weighted by molar-refractivity contribution is -0.129. The lowest BCUT2D eigenvalue weighted by atomic mass is 9.86. The van der Waals surface area contributed by atoms with Crippen LogP contribution < -0.4 is 10.6 Å². The summed E-state index contributed by atoms with van der Waals surface area (Å²) < 4.78 is 5.48. The molecule has 0 fully saturated rings. The number of benzene rings is 3. The van der Waals surface area contributed by atoms with Crippen molar-refractivity contribution in [2.75, 3.05) is 0 Å². The number of hydrogen-bond donors (Lipinski definition) is 4. The molecular formula is C34H42N2O5. The van der Waals surface area contributed by atoms with Gasteiger partial charge in [-0.05, 0) is 69.2 Å². The molecule has 0 saturated carbocycles. The van der Waals surface area contributed by atoms with Crippen molar-refractivity contribution >= 4 is 12.0 Å². The first kappa shape index (κ1) is 30.3. The lowest BCUT2D eigenvalue weighted by Crippen LogP contribution is -2.53. The van der Waals surface area contributed by atoms with E-state index in [0.29, 0.717) is 19.3 Å². The highest BCUT2D eigenvalue weighted by Crippen LogP contribution is 2.37. The van der Waals surface area contributed by atoms with E-state index in [9.17, 15) is 19.8 Å². The smallest absolute Gasteiger partial charge is 0.407 e. The van der Waals surface area contributed by atoms with Crippen molar-refractivity contribution in [1.82, 2.24) is 10.6 Å². The first-order valence-corrected chi connectivity index (χ1v) is 14.3. The Morgan fingerprint density at radius 2 is 1.49 bits per heavy atom. The van der Waals surface area contributed by atoms with Crippen molar-refractivity contribution < 1.29 is 24.5 Å². The molecule has 0 aromatic heterocycles. The average molecular weight is 559 g/mol. The van der Waals surface area contributed by atoms with Gasteiger partial charge < -0.3 is 25.6 Å². The number of fused-ring (bicyclic) bond motifs is 1. The van der Waals surface area contributed by atoms with Crippen molar-refractivity contribution in [1.29, 1.82) is 0 Å². The number of aliphatic hydroxyl groups is 2. The van der Waals surface area contributed by atoms with E-state index in [2.05, 4.69) is 10.6 Å². The largest absolute Gasteiger partial charge is 0.444 e. The molecule has 7 heteroatoms. The van der Waals surface area contributed by atoms with Crippen LogP contribution in [0.5, 0.6) is 0 Å². The Balaban J connectivity index is 1.58. The molecule has 4 N–H and O–H groups in total. The van der Waals surface area contributed by atoms with Crippen LogP contribution in [0.1, 0.15) is 56.4 Å². The number of carbonyl (C=O) groups excluding carboxylic acids is 2. The third kappa shape index (κ3) is 7.96. The zero-order chi connectivity index (χ0) is 29.6. The topological polar surface area (TPSA) is 108 Å². The summed E-state index contributed by atoms with van der Waals surface area (Å²) in [5, 5.41) is 28.5. The first-order valence-electron chi connectivity index (χ1n) is 14.3. The van der Waals surface area contributed by atoms with Crippen LogP contribution in [0.25, 0.3) is 0 Å². The SMILES string of the molecule is CC(C)(C)OC(=O)N[C@@H](Cc1ccccc1)[C@@H](O)C[C@@H](Cc1ccccc1)C(=O)NC1(C)c2ccccc2C[C@@H]1O. The molecule has 0 bridgehead atoms. The minimum absolute atomic E-state index is 0.0991. The molecule has 218 valence electrons. The average Bonchev–Trinajstić information content (AvgIpc) is 3.17. The minimum atomic E-state index is -1.05. The van der Waals surface area contributed by atoms with Crippen LogP contribution in [-0.2, 0) is 34.3 Å². The van der Waals surface area contributed by atoms with E-state index in [1.165, 1.54) is 0 Å². The molecule has 1 aliphatic carbocycles. The fourth-order valence-electron chi connectivity index (χ4n) is 5.55. The molecule has 7 nitrogen and oxygen atoms in total. The highest BCUT2D eigenvalue weighted by molar-refractivity contribution is 5.80. The third-order valence-electron chi connectivity index (χ3n) is 7.73. The van der Waals surface area contributed by atoms with Gasteiger partial charge in [0.2, 0.25) is 5.91 Å². The number of alkyl carbamates (subject to hydrolysis) is 1. The summed E-state index contributed by atoms with van der Waals surface area (Å²) in [4.78, 5) is 26.7. The van der Waals surface area contributed by atoms with Crippen LogP contribution in [0.2, 0.25) is 0 Å². The maximum atomic E-state index is 13.9. The van der Waals surface area contributed by atoms with Crippen LogP contribution in [0.15, 0.2) is 84.9 Å². The number of hydrogen-bond acceptors (Lipinski definition) is 5. The van der Waals surface area contributed by atoms with Gasteiger partial charge in [-0.15, -0.1) is 0 Å². The highest BCUT2D eigenvalue weighted by Gasteiger charge is 2.44. The maximum absolute atomic E-state index is 13.9. The van der Waals surface area contributed by atoms with E-state index < -0.39 is 41.4 Å². The van der Waals surface area contributed by atoms with Crippen molar-refractivity contribution in [3.05, 3.63) is 107 Å². The first-order chi connectivity index (χ1) is 19.4. The molecule has 2 amide bonds. The number of amides is 2. The summed E-state index contributed by atoms with van der Waals surface area (Å²) in [5.41, 5.74) is 2.15. The molecular weight excluding hydrogens is 516 g/mol. The fourth-order valence-corrected chi connectivity index (χ4v) is 5.55. The van der Waals surface area contributed by atoms with Gasteiger partial charge in [0, 0.05) is 12.3 Å². The van der Waals surface area contributed by atoms with Gasteiger partial charge in [0.05, 0.1) is 23.8 Å². The van der Waals surface area contributed by atoms with Crippen LogP contribution >= 0.6 is 0 Å². The zero-order valence-corrected chi connectivity index (χ0v) is 24.3. The van der Waals surface area contributed by atoms with E-state index in [0.717, 1.165) is 22.3 Å². The molecule has 0 aliphatic heterocycles. The number of rotatable bonds is 10. The van der Waals surface area contributed by atoms with Gasteiger partial charge >= 0.3 is 6.09 Å².